The number of nitrogens with two attached hydrogens (primary N) is 1. The van der Waals surface area contributed by atoms with E-state index in [1.807, 2.05) is 13.8 Å². The maximum Gasteiger partial charge on any atom is 0.323 e. The van der Waals surface area contributed by atoms with Crippen LogP contribution in [0.2, 0.25) is 0 Å². The zero-order valence-corrected chi connectivity index (χ0v) is 7.97. The Kier molecular flexibility index (Phi) is 4.90. The molecule has 0 aromatic rings. The molecule has 0 rings (SSSR count). The molecule has 0 aliphatic carbocycles. The molecule has 0 saturated heterocycles. The number of aliphatic carboxylic acids is 1. The van der Waals surface area contributed by atoms with Gasteiger partial charge in [0.25, 0.3) is 0 Å². The van der Waals surface area contributed by atoms with E-state index >= 15 is 0 Å². The quantitative estimate of drug-likeness (QED) is 0.643. The minimum absolute atomic E-state index is 0.572. The lowest BCUT2D eigenvalue weighted by Gasteiger charge is -2.23. The minimum Gasteiger partial charge on any atom is -0.480 e. The summed E-state index contributed by atoms with van der Waals surface area (Å²) in [6.07, 6.45) is 3.88. The topological polar surface area (TPSA) is 63.3 Å². The van der Waals surface area contributed by atoms with Crippen molar-refractivity contribution in [3.63, 3.8) is 0 Å². The molecule has 0 saturated carbocycles. The Morgan fingerprint density at radius 2 is 1.92 bits per heavy atom. The molecule has 12 heavy (non-hydrogen) atoms. The van der Waals surface area contributed by atoms with Crippen molar-refractivity contribution in [1.82, 2.24) is 0 Å². The highest BCUT2D eigenvalue weighted by atomic mass is 16.4. The first-order valence-corrected chi connectivity index (χ1v) is 4.59. The van der Waals surface area contributed by atoms with Gasteiger partial charge in [0.1, 0.15) is 5.54 Å². The fourth-order valence-electron chi connectivity index (χ4n) is 1.28. The molecule has 0 spiro atoms. The first-order chi connectivity index (χ1) is 5.56. The van der Waals surface area contributed by atoms with Crippen LogP contribution in [0.15, 0.2) is 0 Å². The Bertz CT molecular complexity index is 147. The normalized spacial score (nSPS) is 15.6. The van der Waals surface area contributed by atoms with Gasteiger partial charge in [-0.2, -0.15) is 0 Å². The van der Waals surface area contributed by atoms with Crippen LogP contribution in [0.25, 0.3) is 0 Å². The first-order valence-electron chi connectivity index (χ1n) is 4.59. The summed E-state index contributed by atoms with van der Waals surface area (Å²) in [5.41, 5.74) is 4.76. The van der Waals surface area contributed by atoms with Gasteiger partial charge in [0, 0.05) is 0 Å². The van der Waals surface area contributed by atoms with Gasteiger partial charge >= 0.3 is 5.97 Å². The molecular weight excluding hydrogens is 154 g/mol. The molecule has 3 heteroatoms. The molecule has 0 radical (unpaired) electrons. The lowest BCUT2D eigenvalue weighted by Crippen LogP contribution is -2.47. The Hall–Kier alpha value is -0.570. The van der Waals surface area contributed by atoms with Gasteiger partial charge < -0.3 is 10.8 Å². The Balaban J connectivity index is 4.08. The van der Waals surface area contributed by atoms with Crippen LogP contribution < -0.4 is 5.73 Å². The van der Waals surface area contributed by atoms with E-state index in [0.717, 1.165) is 19.3 Å². The molecule has 72 valence electrons. The van der Waals surface area contributed by atoms with E-state index in [1.165, 1.54) is 0 Å². The molecule has 0 heterocycles. The number of carboxylic acids is 1. The third-order valence-corrected chi connectivity index (χ3v) is 2.10. The first kappa shape index (κ1) is 11.4. The van der Waals surface area contributed by atoms with Gasteiger partial charge in [-0.1, -0.05) is 33.1 Å². The summed E-state index contributed by atoms with van der Waals surface area (Å²) in [6, 6.07) is 0. The van der Waals surface area contributed by atoms with E-state index in [4.69, 9.17) is 10.8 Å². The van der Waals surface area contributed by atoms with Gasteiger partial charge in [0.15, 0.2) is 0 Å². The Morgan fingerprint density at radius 1 is 1.33 bits per heavy atom. The fourth-order valence-corrected chi connectivity index (χ4v) is 1.28. The van der Waals surface area contributed by atoms with Crippen molar-refractivity contribution < 1.29 is 9.90 Å². The summed E-state index contributed by atoms with van der Waals surface area (Å²) < 4.78 is 0. The molecular formula is C9H19NO2. The van der Waals surface area contributed by atoms with Crippen LogP contribution in [-0.4, -0.2) is 16.6 Å². The summed E-state index contributed by atoms with van der Waals surface area (Å²) in [5, 5.41) is 8.87. The van der Waals surface area contributed by atoms with Crippen LogP contribution in [0, 0.1) is 0 Å². The van der Waals surface area contributed by atoms with Crippen molar-refractivity contribution in [3.05, 3.63) is 0 Å². The van der Waals surface area contributed by atoms with Crippen molar-refractivity contribution in [2.45, 2.75) is 51.5 Å². The molecule has 0 aliphatic rings. The van der Waals surface area contributed by atoms with Crippen molar-refractivity contribution in [2.24, 2.45) is 5.73 Å². The molecule has 3 nitrogen and oxygen atoms in total. The van der Waals surface area contributed by atoms with Gasteiger partial charge in [-0.15, -0.1) is 0 Å². The molecule has 0 aliphatic heterocycles. The molecule has 0 fully saturated rings. The predicted octanol–water partition coefficient (Wildman–Crippen LogP) is 1.76. The number of unbranched alkanes of at least 4 members (excludes halogenated alkanes) is 1. The van der Waals surface area contributed by atoms with Crippen LogP contribution in [0.3, 0.4) is 0 Å². The molecule has 0 aromatic heterocycles. The fraction of sp³-hybridized carbons (Fsp3) is 0.889. The number of rotatable bonds is 6. The van der Waals surface area contributed by atoms with Crippen molar-refractivity contribution >= 4 is 5.97 Å². The third kappa shape index (κ3) is 3.22. The summed E-state index contributed by atoms with van der Waals surface area (Å²) in [5.74, 6) is -0.863. The van der Waals surface area contributed by atoms with Crippen LogP contribution in [0.4, 0.5) is 0 Å². The van der Waals surface area contributed by atoms with Crippen LogP contribution in [0.5, 0.6) is 0 Å². The lowest BCUT2D eigenvalue weighted by atomic mass is 9.89. The molecule has 1 atom stereocenters. The van der Waals surface area contributed by atoms with Gasteiger partial charge in [0.2, 0.25) is 0 Å². The standard InChI is InChI=1S/C9H19NO2/c1-3-5-7-9(10,6-4-2)8(11)12/h3-7,10H2,1-2H3,(H,11,12)/t9-/m0/s1. The number of carboxylic acid groups (broad SMARTS) is 1. The highest BCUT2D eigenvalue weighted by Crippen LogP contribution is 2.17. The van der Waals surface area contributed by atoms with Gasteiger partial charge in [-0.05, 0) is 12.8 Å². The molecule has 3 N–H and O–H groups in total. The van der Waals surface area contributed by atoms with Crippen LogP contribution >= 0.6 is 0 Å². The summed E-state index contributed by atoms with van der Waals surface area (Å²) >= 11 is 0. The number of hydrogen-bond donors (Lipinski definition) is 2. The molecule has 0 amide bonds. The van der Waals surface area contributed by atoms with E-state index in [9.17, 15) is 4.79 Å². The highest BCUT2D eigenvalue weighted by molar-refractivity contribution is 5.78. The Morgan fingerprint density at radius 3 is 2.25 bits per heavy atom. The number of hydrogen-bond acceptors (Lipinski definition) is 2. The molecule has 0 bridgehead atoms. The van der Waals surface area contributed by atoms with Crippen LogP contribution in [0.1, 0.15) is 46.0 Å². The van der Waals surface area contributed by atoms with E-state index in [1.54, 1.807) is 0 Å². The van der Waals surface area contributed by atoms with Crippen LogP contribution in [-0.2, 0) is 4.79 Å². The molecule has 0 aromatic carbocycles. The predicted molar refractivity (Wildman–Crippen MR) is 49.0 cm³/mol. The van der Waals surface area contributed by atoms with Gasteiger partial charge in [0.05, 0.1) is 0 Å². The second kappa shape index (κ2) is 5.14. The largest absolute Gasteiger partial charge is 0.480 e. The Labute approximate surface area is 74.0 Å². The molecule has 0 unspecified atom stereocenters. The van der Waals surface area contributed by atoms with Crippen molar-refractivity contribution in [1.29, 1.82) is 0 Å². The van der Waals surface area contributed by atoms with E-state index < -0.39 is 11.5 Å². The average Bonchev–Trinajstić information content (AvgIpc) is 2.01. The van der Waals surface area contributed by atoms with Crippen molar-refractivity contribution in [3.8, 4) is 0 Å². The third-order valence-electron chi connectivity index (χ3n) is 2.10. The van der Waals surface area contributed by atoms with E-state index in [-0.39, 0.29) is 0 Å². The minimum atomic E-state index is -0.981. The maximum absolute atomic E-state index is 10.8. The monoisotopic (exact) mass is 173 g/mol. The van der Waals surface area contributed by atoms with E-state index in [0.29, 0.717) is 12.8 Å². The number of carbonyl (C=O) groups is 1. The van der Waals surface area contributed by atoms with Crippen molar-refractivity contribution in [2.75, 3.05) is 0 Å². The summed E-state index contributed by atoms with van der Waals surface area (Å²) in [4.78, 5) is 10.8. The van der Waals surface area contributed by atoms with Gasteiger partial charge in [-0.3, -0.25) is 4.79 Å². The maximum atomic E-state index is 10.8. The zero-order chi connectivity index (χ0) is 9.61. The second-order valence-corrected chi connectivity index (χ2v) is 3.31. The smallest absolute Gasteiger partial charge is 0.323 e. The zero-order valence-electron chi connectivity index (χ0n) is 7.97. The van der Waals surface area contributed by atoms with Gasteiger partial charge in [-0.25, -0.2) is 0 Å². The second-order valence-electron chi connectivity index (χ2n) is 3.31. The highest BCUT2D eigenvalue weighted by Gasteiger charge is 2.31. The summed E-state index contributed by atoms with van der Waals surface area (Å²) in [6.45, 7) is 3.99. The lowest BCUT2D eigenvalue weighted by molar-refractivity contribution is -0.144. The van der Waals surface area contributed by atoms with E-state index in [2.05, 4.69) is 0 Å². The average molecular weight is 173 g/mol. The summed E-state index contributed by atoms with van der Waals surface area (Å²) in [7, 11) is 0. The SMILES string of the molecule is CCCC[C@@](N)(CCC)C(=O)O.